The summed E-state index contributed by atoms with van der Waals surface area (Å²) in [6.07, 6.45) is 7.81. The van der Waals surface area contributed by atoms with Crippen molar-refractivity contribution in [2.24, 2.45) is 11.8 Å². The molecule has 0 aliphatic heterocycles. The zero-order chi connectivity index (χ0) is 8.60. The molecule has 12 heavy (non-hydrogen) atoms. The van der Waals surface area contributed by atoms with E-state index in [1.54, 1.807) is 7.11 Å². The zero-order valence-electron chi connectivity index (χ0n) is 7.49. The molecule has 2 heteroatoms. The summed E-state index contributed by atoms with van der Waals surface area (Å²) in [5, 5.41) is 9.20. The monoisotopic (exact) mass is 168 g/mol. The molecule has 2 nitrogen and oxygen atoms in total. The first-order valence-electron chi connectivity index (χ1n) is 4.66. The molecule has 0 saturated heterocycles. The summed E-state index contributed by atoms with van der Waals surface area (Å²) in [5.74, 6) is 1.02. The third kappa shape index (κ3) is 1.02. The van der Waals surface area contributed by atoms with Crippen LogP contribution in [0, 0.1) is 11.8 Å². The minimum Gasteiger partial charge on any atom is -0.396 e. The quantitative estimate of drug-likeness (QED) is 0.631. The molecule has 1 fully saturated rings. The fraction of sp³-hybridized carbons (Fsp3) is 0.800. The molecule has 68 valence electrons. The predicted octanol–water partition coefficient (Wildman–Crippen LogP) is 1.35. The van der Waals surface area contributed by atoms with Crippen LogP contribution in [0.1, 0.15) is 19.3 Å². The predicted molar refractivity (Wildman–Crippen MR) is 46.8 cm³/mol. The number of ether oxygens (including phenoxy) is 1. The van der Waals surface area contributed by atoms with Crippen LogP contribution in [0.25, 0.3) is 0 Å². The average molecular weight is 168 g/mol. The van der Waals surface area contributed by atoms with Crippen LogP contribution in [0.3, 0.4) is 0 Å². The van der Waals surface area contributed by atoms with E-state index in [1.807, 2.05) is 0 Å². The summed E-state index contributed by atoms with van der Waals surface area (Å²) < 4.78 is 5.52. The molecule has 0 radical (unpaired) electrons. The van der Waals surface area contributed by atoms with Gasteiger partial charge in [-0.3, -0.25) is 0 Å². The molecular weight excluding hydrogens is 152 g/mol. The molecule has 0 aromatic heterocycles. The molecule has 3 aliphatic rings. The first kappa shape index (κ1) is 8.27. The molecule has 1 saturated carbocycles. The van der Waals surface area contributed by atoms with Gasteiger partial charge >= 0.3 is 0 Å². The van der Waals surface area contributed by atoms with Gasteiger partial charge in [0.1, 0.15) is 0 Å². The van der Waals surface area contributed by atoms with Crippen LogP contribution in [0.15, 0.2) is 12.2 Å². The van der Waals surface area contributed by atoms with Crippen LogP contribution < -0.4 is 0 Å². The molecule has 0 aromatic carbocycles. The second kappa shape index (κ2) is 2.86. The normalized spacial score (nSPS) is 45.2. The Labute approximate surface area is 73.2 Å². The SMILES string of the molecule is CO[C@@]12C=C[C@@H](CC1)C[C@@H]2CO. The Morgan fingerprint density at radius 1 is 1.67 bits per heavy atom. The lowest BCUT2D eigenvalue weighted by Gasteiger charge is -2.46. The second-order valence-electron chi connectivity index (χ2n) is 3.93. The smallest absolute Gasteiger partial charge is 0.0909 e. The van der Waals surface area contributed by atoms with E-state index >= 15 is 0 Å². The van der Waals surface area contributed by atoms with Crippen molar-refractivity contribution in [1.29, 1.82) is 0 Å². The lowest BCUT2D eigenvalue weighted by Crippen LogP contribution is -2.47. The number of fused-ring (bicyclic) bond motifs is 2. The van der Waals surface area contributed by atoms with E-state index in [-0.39, 0.29) is 12.2 Å². The molecule has 0 aromatic rings. The highest BCUT2D eigenvalue weighted by atomic mass is 16.5. The maximum atomic E-state index is 9.20. The van der Waals surface area contributed by atoms with Crippen molar-refractivity contribution in [3.63, 3.8) is 0 Å². The van der Waals surface area contributed by atoms with Crippen molar-refractivity contribution in [2.75, 3.05) is 13.7 Å². The van der Waals surface area contributed by atoms with Gasteiger partial charge in [-0.2, -0.15) is 0 Å². The first-order chi connectivity index (χ1) is 5.80. The fourth-order valence-electron chi connectivity index (χ4n) is 2.56. The van der Waals surface area contributed by atoms with E-state index in [0.717, 1.165) is 12.8 Å². The van der Waals surface area contributed by atoms with E-state index in [4.69, 9.17) is 4.74 Å². The molecule has 3 rings (SSSR count). The van der Waals surface area contributed by atoms with Crippen LogP contribution in [-0.4, -0.2) is 24.4 Å². The van der Waals surface area contributed by atoms with E-state index in [1.165, 1.54) is 6.42 Å². The van der Waals surface area contributed by atoms with Crippen molar-refractivity contribution in [3.8, 4) is 0 Å². The van der Waals surface area contributed by atoms with Gasteiger partial charge in [-0.05, 0) is 25.2 Å². The lowest BCUT2D eigenvalue weighted by molar-refractivity contribution is -0.0774. The molecule has 0 heterocycles. The number of rotatable bonds is 2. The van der Waals surface area contributed by atoms with Gasteiger partial charge in [0, 0.05) is 19.6 Å². The number of hydrogen-bond acceptors (Lipinski definition) is 2. The standard InChI is InChI=1S/C10H16O2/c1-12-10-4-2-8(3-5-10)6-9(10)7-11/h2,4,8-9,11H,3,5-7H2,1H3/t8-,9+,10-/m0/s1. The highest BCUT2D eigenvalue weighted by Crippen LogP contribution is 2.45. The third-order valence-corrected chi connectivity index (χ3v) is 3.44. The van der Waals surface area contributed by atoms with Crippen LogP contribution in [0.2, 0.25) is 0 Å². The Hall–Kier alpha value is -0.340. The van der Waals surface area contributed by atoms with Gasteiger partial charge in [-0.25, -0.2) is 0 Å². The summed E-state index contributed by atoms with van der Waals surface area (Å²) >= 11 is 0. The Morgan fingerprint density at radius 3 is 2.92 bits per heavy atom. The van der Waals surface area contributed by atoms with Crippen molar-refractivity contribution < 1.29 is 9.84 Å². The maximum absolute atomic E-state index is 9.20. The number of aliphatic hydroxyl groups excluding tert-OH is 1. The summed E-state index contributed by atoms with van der Waals surface area (Å²) in [6.45, 7) is 0.259. The van der Waals surface area contributed by atoms with Crippen molar-refractivity contribution in [3.05, 3.63) is 12.2 Å². The Kier molecular flexibility index (Phi) is 1.97. The number of allylic oxidation sites excluding steroid dienone is 1. The van der Waals surface area contributed by atoms with Gasteiger partial charge in [0.15, 0.2) is 0 Å². The fourth-order valence-corrected chi connectivity index (χ4v) is 2.56. The van der Waals surface area contributed by atoms with E-state index in [0.29, 0.717) is 11.8 Å². The summed E-state index contributed by atoms with van der Waals surface area (Å²) in [4.78, 5) is 0. The van der Waals surface area contributed by atoms with Gasteiger partial charge in [-0.15, -0.1) is 0 Å². The minimum absolute atomic E-state index is 0.135. The molecule has 0 unspecified atom stereocenters. The van der Waals surface area contributed by atoms with Crippen molar-refractivity contribution in [2.45, 2.75) is 24.9 Å². The molecule has 1 N–H and O–H groups in total. The highest BCUT2D eigenvalue weighted by Gasteiger charge is 2.44. The molecule has 0 spiro atoms. The number of hydrogen-bond donors (Lipinski definition) is 1. The van der Waals surface area contributed by atoms with Crippen LogP contribution in [0.4, 0.5) is 0 Å². The Balaban J connectivity index is 2.25. The molecule has 0 amide bonds. The van der Waals surface area contributed by atoms with Crippen LogP contribution in [0.5, 0.6) is 0 Å². The van der Waals surface area contributed by atoms with E-state index in [2.05, 4.69) is 12.2 Å². The molecular formula is C10H16O2. The molecule has 3 aliphatic carbocycles. The lowest BCUT2D eigenvalue weighted by atomic mass is 9.66. The minimum atomic E-state index is -0.135. The van der Waals surface area contributed by atoms with Gasteiger partial charge in [0.05, 0.1) is 5.60 Å². The van der Waals surface area contributed by atoms with Gasteiger partial charge in [-0.1, -0.05) is 12.2 Å². The van der Waals surface area contributed by atoms with E-state index < -0.39 is 0 Å². The Bertz CT molecular complexity index is 200. The largest absolute Gasteiger partial charge is 0.396 e. The molecule has 2 bridgehead atoms. The average Bonchev–Trinajstić information content (AvgIpc) is 2.19. The van der Waals surface area contributed by atoms with Gasteiger partial charge < -0.3 is 9.84 Å². The molecule has 3 atom stereocenters. The number of methoxy groups -OCH3 is 1. The van der Waals surface area contributed by atoms with E-state index in [9.17, 15) is 5.11 Å². The third-order valence-electron chi connectivity index (χ3n) is 3.44. The van der Waals surface area contributed by atoms with Crippen molar-refractivity contribution >= 4 is 0 Å². The summed E-state index contributed by atoms with van der Waals surface area (Å²) in [7, 11) is 1.75. The zero-order valence-corrected chi connectivity index (χ0v) is 7.49. The second-order valence-corrected chi connectivity index (χ2v) is 3.93. The van der Waals surface area contributed by atoms with Crippen LogP contribution >= 0.6 is 0 Å². The van der Waals surface area contributed by atoms with Gasteiger partial charge in [0.25, 0.3) is 0 Å². The topological polar surface area (TPSA) is 29.5 Å². The highest BCUT2D eigenvalue weighted by molar-refractivity contribution is 5.16. The van der Waals surface area contributed by atoms with Crippen molar-refractivity contribution in [1.82, 2.24) is 0 Å². The number of aliphatic hydroxyl groups is 1. The maximum Gasteiger partial charge on any atom is 0.0909 e. The van der Waals surface area contributed by atoms with Crippen LogP contribution in [-0.2, 0) is 4.74 Å². The summed E-state index contributed by atoms with van der Waals surface area (Å²) in [6, 6.07) is 0. The Morgan fingerprint density at radius 2 is 2.50 bits per heavy atom. The first-order valence-corrected chi connectivity index (χ1v) is 4.66. The van der Waals surface area contributed by atoms with Gasteiger partial charge in [0.2, 0.25) is 0 Å². The summed E-state index contributed by atoms with van der Waals surface area (Å²) in [5.41, 5.74) is -0.135.